The van der Waals surface area contributed by atoms with Crippen LogP contribution < -0.4 is 14.8 Å². The summed E-state index contributed by atoms with van der Waals surface area (Å²) in [6, 6.07) is 12.4. The molecular weight excluding hydrogens is 632 g/mol. The molecule has 1 N–H and O–H groups in total. The van der Waals surface area contributed by atoms with Gasteiger partial charge in [-0.2, -0.15) is 17.6 Å². The number of piperidine rings is 2. The molecule has 0 spiro atoms. The van der Waals surface area contributed by atoms with Gasteiger partial charge in [-0.05, 0) is 94.9 Å². The molecule has 2 heterocycles. The molecule has 0 bridgehead atoms. The van der Waals surface area contributed by atoms with Gasteiger partial charge in [0.25, 0.3) is 0 Å². The highest BCUT2D eigenvalue weighted by Gasteiger charge is 2.29. The highest BCUT2D eigenvalue weighted by molar-refractivity contribution is 5.85. The predicted octanol–water partition coefficient (Wildman–Crippen LogP) is 6.87. The Morgan fingerprint density at radius 2 is 1.13 bits per heavy atom. The van der Waals surface area contributed by atoms with Gasteiger partial charge in [0.15, 0.2) is 0 Å². The average molecular weight is 675 g/mol. The van der Waals surface area contributed by atoms with Crippen molar-refractivity contribution in [1.29, 1.82) is 0 Å². The van der Waals surface area contributed by atoms with Crippen molar-refractivity contribution in [3.8, 4) is 11.5 Å². The first-order valence-electron chi connectivity index (χ1n) is 15.1. The zero-order valence-electron chi connectivity index (χ0n) is 26.3. The molecule has 2 aliphatic rings. The maximum absolute atomic E-state index is 12.4. The van der Waals surface area contributed by atoms with E-state index in [9.17, 15) is 31.9 Å². The van der Waals surface area contributed by atoms with Gasteiger partial charge in [-0.15, -0.1) is 12.4 Å². The van der Waals surface area contributed by atoms with Crippen LogP contribution in [0.4, 0.5) is 22.4 Å². The Labute approximate surface area is 273 Å². The van der Waals surface area contributed by atoms with Crippen LogP contribution in [0.5, 0.6) is 11.5 Å². The molecule has 0 unspecified atom stereocenters. The lowest BCUT2D eigenvalue weighted by molar-refractivity contribution is -0.124. The summed E-state index contributed by atoms with van der Waals surface area (Å²) in [7, 11) is 0. The highest BCUT2D eigenvalue weighted by Crippen LogP contribution is 2.23. The second-order valence-electron chi connectivity index (χ2n) is 12.1. The molecule has 8 nitrogen and oxygen atoms in total. The van der Waals surface area contributed by atoms with Crippen molar-refractivity contribution in [2.75, 3.05) is 26.2 Å². The van der Waals surface area contributed by atoms with Crippen molar-refractivity contribution >= 4 is 30.1 Å². The van der Waals surface area contributed by atoms with E-state index >= 15 is 0 Å². The normalized spacial score (nSPS) is 15.8. The molecule has 2 aromatic carbocycles. The van der Waals surface area contributed by atoms with Crippen LogP contribution in [0.3, 0.4) is 0 Å². The number of nitrogens with zero attached hydrogens (tertiary/aromatic N) is 1. The van der Waals surface area contributed by atoms with Crippen LogP contribution in [0.1, 0.15) is 57.6 Å². The summed E-state index contributed by atoms with van der Waals surface area (Å²) >= 11 is 0. The number of hydrogen-bond donors (Lipinski definition) is 1. The maximum atomic E-state index is 12.4. The van der Waals surface area contributed by atoms with Crippen molar-refractivity contribution in [3.63, 3.8) is 0 Å². The number of likely N-dealkylation sites (tertiary alicyclic amines) is 1. The van der Waals surface area contributed by atoms with E-state index in [0.717, 1.165) is 37.1 Å². The minimum Gasteiger partial charge on any atom is -0.444 e. The van der Waals surface area contributed by atoms with E-state index < -0.39 is 18.8 Å². The molecule has 0 aromatic heterocycles. The summed E-state index contributed by atoms with van der Waals surface area (Å²) in [4.78, 5) is 38.2. The summed E-state index contributed by atoms with van der Waals surface area (Å²) < 4.78 is 62.2. The lowest BCUT2D eigenvalue weighted by Crippen LogP contribution is -2.43. The molecule has 2 saturated heterocycles. The average Bonchev–Trinajstić information content (AvgIpc) is 2.98. The molecule has 0 saturated carbocycles. The van der Waals surface area contributed by atoms with Crippen molar-refractivity contribution in [3.05, 3.63) is 59.7 Å². The van der Waals surface area contributed by atoms with Crippen molar-refractivity contribution in [1.82, 2.24) is 10.2 Å². The molecule has 2 aromatic rings. The monoisotopic (exact) mass is 674 g/mol. The van der Waals surface area contributed by atoms with Gasteiger partial charge in [0.05, 0.1) is 0 Å². The molecule has 0 aliphatic carbocycles. The number of ketones is 2. The third kappa shape index (κ3) is 13.9. The Kier molecular flexibility index (Phi) is 15.8. The number of rotatable bonds is 10. The topological polar surface area (TPSA) is 94.2 Å². The van der Waals surface area contributed by atoms with Crippen molar-refractivity contribution < 1.29 is 46.2 Å². The largest absolute Gasteiger partial charge is 0.444 e. The summed E-state index contributed by atoms with van der Waals surface area (Å²) in [6.07, 6.45) is 3.22. The number of ether oxygens (including phenoxy) is 3. The molecule has 0 atom stereocenters. The first-order valence-corrected chi connectivity index (χ1v) is 15.1. The highest BCUT2D eigenvalue weighted by atomic mass is 35.5. The first kappa shape index (κ1) is 38.8. The Bertz CT molecular complexity index is 1230. The van der Waals surface area contributed by atoms with Crippen LogP contribution in [-0.4, -0.2) is 67.6 Å². The number of alkyl halides is 4. The fourth-order valence-electron chi connectivity index (χ4n) is 5.12. The third-order valence-corrected chi connectivity index (χ3v) is 7.45. The molecule has 2 aliphatic heterocycles. The Morgan fingerprint density at radius 3 is 1.50 bits per heavy atom. The minimum atomic E-state index is -2.86. The number of benzene rings is 2. The number of halogens is 5. The Balaban J connectivity index is 0.000000328. The zero-order chi connectivity index (χ0) is 33.0. The second kappa shape index (κ2) is 18.7. The van der Waals surface area contributed by atoms with Gasteiger partial charge < -0.3 is 24.4 Å². The maximum Gasteiger partial charge on any atom is 0.410 e. The van der Waals surface area contributed by atoms with Gasteiger partial charge >= 0.3 is 19.3 Å². The van der Waals surface area contributed by atoms with Gasteiger partial charge in [0, 0.05) is 37.8 Å². The third-order valence-electron chi connectivity index (χ3n) is 7.45. The number of Topliss-reactive ketones (excluding diaryl/α,β-unsaturated/α-hetero) is 2. The molecule has 4 rings (SSSR count). The molecule has 13 heteroatoms. The first-order chi connectivity index (χ1) is 21.3. The van der Waals surface area contributed by atoms with E-state index in [1.165, 1.54) is 24.3 Å². The van der Waals surface area contributed by atoms with Gasteiger partial charge in [0.1, 0.15) is 28.7 Å². The van der Waals surface area contributed by atoms with Crippen molar-refractivity contribution in [2.45, 2.75) is 78.1 Å². The molecular formula is C33H43ClF4N2O6. The standard InChI is InChI=1S/C19H25F2NO4.C14H17F2NO2.ClH/c1-19(2,3)26-18(24)22-10-8-14(9-11-22)16(23)12-13-4-6-15(7-5-13)25-17(20)21;15-14(16)19-12-3-1-10(2-4-12)9-13(18)11-5-7-17-8-6-11;/h4-7,14,17H,8-12H2,1-3H3;1-4,11,14,17H,5-9H2;1H. The molecule has 2 fully saturated rings. The van der Waals surface area contributed by atoms with Gasteiger partial charge in [-0.3, -0.25) is 9.59 Å². The lowest BCUT2D eigenvalue weighted by Gasteiger charge is -2.33. The number of nitrogens with one attached hydrogen (secondary N) is 1. The van der Waals surface area contributed by atoms with Gasteiger partial charge in [-0.25, -0.2) is 4.79 Å². The number of hydrogen-bond acceptors (Lipinski definition) is 7. The zero-order valence-corrected chi connectivity index (χ0v) is 27.1. The van der Waals surface area contributed by atoms with Crippen LogP contribution in [0.15, 0.2) is 48.5 Å². The van der Waals surface area contributed by atoms with Gasteiger partial charge in [0.2, 0.25) is 0 Å². The SMILES string of the molecule is CC(C)(C)OC(=O)N1CCC(C(=O)Cc2ccc(OC(F)F)cc2)CC1.Cl.O=C(Cc1ccc(OC(F)F)cc1)C1CCNCC1. The van der Waals surface area contributed by atoms with E-state index in [4.69, 9.17) is 4.74 Å². The predicted molar refractivity (Wildman–Crippen MR) is 167 cm³/mol. The summed E-state index contributed by atoms with van der Waals surface area (Å²) in [6.45, 7) is 2.53. The van der Waals surface area contributed by atoms with E-state index in [1.54, 1.807) is 29.2 Å². The van der Waals surface area contributed by atoms with Crippen LogP contribution in [-0.2, 0) is 27.2 Å². The van der Waals surface area contributed by atoms with Crippen LogP contribution in [0.2, 0.25) is 0 Å². The van der Waals surface area contributed by atoms with E-state index in [-0.39, 0.29) is 59.8 Å². The number of carbonyl (C=O) groups is 3. The minimum absolute atomic E-state index is 0. The second-order valence-corrected chi connectivity index (χ2v) is 12.1. The summed E-state index contributed by atoms with van der Waals surface area (Å²) in [5.74, 6) is 0.527. The van der Waals surface area contributed by atoms with Crippen molar-refractivity contribution in [2.24, 2.45) is 11.8 Å². The van der Waals surface area contributed by atoms with Crippen LogP contribution >= 0.6 is 12.4 Å². The fraction of sp³-hybridized carbons (Fsp3) is 0.545. The Morgan fingerprint density at radius 1 is 0.739 bits per heavy atom. The molecule has 0 radical (unpaired) electrons. The quantitative estimate of drug-likeness (QED) is 0.275. The number of carbonyl (C=O) groups excluding carboxylic acids is 3. The van der Waals surface area contributed by atoms with E-state index in [1.807, 2.05) is 20.8 Å². The number of amides is 1. The van der Waals surface area contributed by atoms with Crippen LogP contribution in [0.25, 0.3) is 0 Å². The lowest BCUT2D eigenvalue weighted by atomic mass is 9.89. The molecule has 1 amide bonds. The molecule has 256 valence electrons. The summed E-state index contributed by atoms with van der Waals surface area (Å²) in [5.41, 5.74) is 1.06. The van der Waals surface area contributed by atoms with Crippen LogP contribution in [0, 0.1) is 11.8 Å². The summed E-state index contributed by atoms with van der Waals surface area (Å²) in [5, 5.41) is 3.22. The fourth-order valence-corrected chi connectivity index (χ4v) is 5.12. The Hall–Kier alpha value is -3.38. The molecule has 46 heavy (non-hydrogen) atoms. The van der Waals surface area contributed by atoms with Gasteiger partial charge in [-0.1, -0.05) is 24.3 Å². The smallest absolute Gasteiger partial charge is 0.410 e. The van der Waals surface area contributed by atoms with E-state index in [0.29, 0.717) is 32.4 Å². The van der Waals surface area contributed by atoms with E-state index in [2.05, 4.69) is 14.8 Å².